The number of esters is 1. The van der Waals surface area contributed by atoms with Crippen LogP contribution in [0.2, 0.25) is 0 Å². The van der Waals surface area contributed by atoms with Gasteiger partial charge in [0.15, 0.2) is 0 Å². The van der Waals surface area contributed by atoms with Gasteiger partial charge in [-0.3, -0.25) is 0 Å². The molecule has 1 atom stereocenters. The molecule has 1 aromatic carbocycles. The van der Waals surface area contributed by atoms with Crippen LogP contribution in [0.15, 0.2) is 18.2 Å². The quantitative estimate of drug-likeness (QED) is 0.831. The van der Waals surface area contributed by atoms with Crippen LogP contribution < -0.4 is 10.1 Å². The average molecular weight is 263 g/mol. The minimum Gasteiger partial charge on any atom is -0.497 e. The molecular formula is C15H21NO3. The number of carbonyl (C=O) groups excluding carboxylic acids is 1. The highest BCUT2D eigenvalue weighted by atomic mass is 16.6. The normalized spacial score (nSPS) is 18.6. The zero-order valence-corrected chi connectivity index (χ0v) is 11.9. The first-order valence-corrected chi connectivity index (χ1v) is 6.54. The zero-order chi connectivity index (χ0) is 14.0. The van der Waals surface area contributed by atoms with E-state index in [0.717, 1.165) is 29.8 Å². The Hall–Kier alpha value is -1.55. The summed E-state index contributed by atoms with van der Waals surface area (Å²) in [4.78, 5) is 12.2. The number of hydrogen-bond donors (Lipinski definition) is 1. The van der Waals surface area contributed by atoms with Crippen LogP contribution in [0, 0.1) is 0 Å². The third-order valence-electron chi connectivity index (χ3n) is 3.05. The average Bonchev–Trinajstić information content (AvgIpc) is 2.35. The molecule has 19 heavy (non-hydrogen) atoms. The molecule has 104 valence electrons. The monoisotopic (exact) mass is 263 g/mol. The molecule has 0 bridgehead atoms. The standard InChI is InChI=1S/C15H21NO3/c1-15(2,3)19-14(17)13-12-6-5-11(18-4)9-10(12)7-8-16-13/h5-6,9,13,16H,7-8H2,1-4H3. The van der Waals surface area contributed by atoms with Crippen molar-refractivity contribution in [2.24, 2.45) is 0 Å². The van der Waals surface area contributed by atoms with Crippen molar-refractivity contribution in [2.75, 3.05) is 13.7 Å². The van der Waals surface area contributed by atoms with Crippen molar-refractivity contribution in [3.8, 4) is 5.75 Å². The lowest BCUT2D eigenvalue weighted by molar-refractivity contribution is -0.157. The van der Waals surface area contributed by atoms with E-state index in [1.165, 1.54) is 0 Å². The van der Waals surface area contributed by atoms with E-state index in [1.54, 1.807) is 7.11 Å². The van der Waals surface area contributed by atoms with E-state index in [2.05, 4.69) is 5.32 Å². The van der Waals surface area contributed by atoms with Crippen molar-refractivity contribution in [1.82, 2.24) is 5.32 Å². The third kappa shape index (κ3) is 3.26. The Labute approximate surface area is 114 Å². The maximum absolute atomic E-state index is 12.2. The summed E-state index contributed by atoms with van der Waals surface area (Å²) in [6.45, 7) is 6.40. The summed E-state index contributed by atoms with van der Waals surface area (Å²) in [6, 6.07) is 5.43. The first-order valence-electron chi connectivity index (χ1n) is 6.54. The van der Waals surface area contributed by atoms with E-state index in [-0.39, 0.29) is 12.0 Å². The van der Waals surface area contributed by atoms with E-state index in [0.29, 0.717) is 0 Å². The van der Waals surface area contributed by atoms with Gasteiger partial charge in [-0.15, -0.1) is 0 Å². The summed E-state index contributed by atoms with van der Waals surface area (Å²) in [5.74, 6) is 0.599. The van der Waals surface area contributed by atoms with Gasteiger partial charge in [0.25, 0.3) is 0 Å². The van der Waals surface area contributed by atoms with Crippen LogP contribution in [0.5, 0.6) is 5.75 Å². The lowest BCUT2D eigenvalue weighted by atomic mass is 9.94. The number of methoxy groups -OCH3 is 1. The van der Waals surface area contributed by atoms with Crippen molar-refractivity contribution < 1.29 is 14.3 Å². The first-order chi connectivity index (χ1) is 8.90. The maximum Gasteiger partial charge on any atom is 0.328 e. The van der Waals surface area contributed by atoms with Gasteiger partial charge in [-0.2, -0.15) is 0 Å². The van der Waals surface area contributed by atoms with E-state index in [1.807, 2.05) is 39.0 Å². The molecule has 0 saturated heterocycles. The fraction of sp³-hybridized carbons (Fsp3) is 0.533. The second kappa shape index (κ2) is 5.21. The van der Waals surface area contributed by atoms with Gasteiger partial charge >= 0.3 is 5.97 Å². The number of carbonyl (C=O) groups is 1. The number of hydrogen-bond acceptors (Lipinski definition) is 4. The smallest absolute Gasteiger partial charge is 0.328 e. The van der Waals surface area contributed by atoms with Crippen LogP contribution in [0.3, 0.4) is 0 Å². The van der Waals surface area contributed by atoms with Gasteiger partial charge in [0, 0.05) is 6.54 Å². The summed E-state index contributed by atoms with van der Waals surface area (Å²) >= 11 is 0. The molecule has 0 aliphatic carbocycles. The molecular weight excluding hydrogens is 242 g/mol. The number of ether oxygens (including phenoxy) is 2. The minimum atomic E-state index is -0.469. The Balaban J connectivity index is 2.25. The van der Waals surface area contributed by atoms with Crippen molar-refractivity contribution in [3.63, 3.8) is 0 Å². The van der Waals surface area contributed by atoms with Gasteiger partial charge < -0.3 is 14.8 Å². The summed E-state index contributed by atoms with van der Waals surface area (Å²) in [5.41, 5.74) is 1.67. The molecule has 1 aliphatic heterocycles. The minimum absolute atomic E-state index is 0.224. The lowest BCUT2D eigenvalue weighted by Gasteiger charge is -2.29. The van der Waals surface area contributed by atoms with Crippen molar-refractivity contribution in [3.05, 3.63) is 29.3 Å². The summed E-state index contributed by atoms with van der Waals surface area (Å²) in [5, 5.41) is 3.22. The van der Waals surface area contributed by atoms with E-state index >= 15 is 0 Å². The number of nitrogens with one attached hydrogen (secondary N) is 1. The molecule has 0 saturated carbocycles. The molecule has 1 aliphatic rings. The van der Waals surface area contributed by atoms with Crippen LogP contribution in [0.1, 0.15) is 37.9 Å². The molecule has 0 aromatic heterocycles. The molecule has 4 heteroatoms. The predicted octanol–water partition coefficient (Wildman–Crippen LogP) is 2.22. The molecule has 1 aromatic rings. The molecule has 1 unspecified atom stereocenters. The topological polar surface area (TPSA) is 47.6 Å². The van der Waals surface area contributed by atoms with E-state index in [4.69, 9.17) is 9.47 Å². The predicted molar refractivity (Wildman–Crippen MR) is 73.3 cm³/mol. The Bertz CT molecular complexity index is 477. The molecule has 0 amide bonds. The molecule has 2 rings (SSSR count). The van der Waals surface area contributed by atoms with E-state index in [9.17, 15) is 4.79 Å². The highest BCUT2D eigenvalue weighted by molar-refractivity contribution is 5.79. The SMILES string of the molecule is COc1ccc2c(c1)CCNC2C(=O)OC(C)(C)C. The first kappa shape index (κ1) is 13.9. The summed E-state index contributed by atoms with van der Waals surface area (Å²) in [7, 11) is 1.65. The van der Waals surface area contributed by atoms with Crippen molar-refractivity contribution in [2.45, 2.75) is 38.8 Å². The molecule has 1 N–H and O–H groups in total. The molecule has 0 radical (unpaired) electrons. The van der Waals surface area contributed by atoms with Crippen LogP contribution in [0.25, 0.3) is 0 Å². The van der Waals surface area contributed by atoms with Gasteiger partial charge in [0.05, 0.1) is 7.11 Å². The highest BCUT2D eigenvalue weighted by Gasteiger charge is 2.30. The van der Waals surface area contributed by atoms with Crippen LogP contribution >= 0.6 is 0 Å². The third-order valence-corrected chi connectivity index (χ3v) is 3.05. The Morgan fingerprint density at radius 2 is 2.11 bits per heavy atom. The van der Waals surface area contributed by atoms with Gasteiger partial charge in [-0.05, 0) is 50.5 Å². The maximum atomic E-state index is 12.2. The Kier molecular flexibility index (Phi) is 3.80. The van der Waals surface area contributed by atoms with Gasteiger partial charge in [-0.1, -0.05) is 6.07 Å². The van der Waals surface area contributed by atoms with Crippen molar-refractivity contribution in [1.29, 1.82) is 0 Å². The molecule has 4 nitrogen and oxygen atoms in total. The van der Waals surface area contributed by atoms with Crippen LogP contribution in [0.4, 0.5) is 0 Å². The number of rotatable bonds is 2. The van der Waals surface area contributed by atoms with Crippen molar-refractivity contribution >= 4 is 5.97 Å². The van der Waals surface area contributed by atoms with Gasteiger partial charge in [0.2, 0.25) is 0 Å². The Morgan fingerprint density at radius 3 is 2.74 bits per heavy atom. The number of fused-ring (bicyclic) bond motifs is 1. The number of benzene rings is 1. The lowest BCUT2D eigenvalue weighted by Crippen LogP contribution is -2.39. The van der Waals surface area contributed by atoms with Crippen LogP contribution in [-0.4, -0.2) is 25.2 Å². The van der Waals surface area contributed by atoms with Crippen LogP contribution in [-0.2, 0) is 16.0 Å². The zero-order valence-electron chi connectivity index (χ0n) is 11.9. The fourth-order valence-electron chi connectivity index (χ4n) is 2.24. The fourth-order valence-corrected chi connectivity index (χ4v) is 2.24. The van der Waals surface area contributed by atoms with E-state index < -0.39 is 5.60 Å². The second-order valence-electron chi connectivity index (χ2n) is 5.74. The molecule has 0 spiro atoms. The largest absolute Gasteiger partial charge is 0.497 e. The highest BCUT2D eigenvalue weighted by Crippen LogP contribution is 2.28. The molecule has 1 heterocycles. The van der Waals surface area contributed by atoms with Gasteiger partial charge in [0.1, 0.15) is 17.4 Å². The Morgan fingerprint density at radius 1 is 1.37 bits per heavy atom. The summed E-state index contributed by atoms with van der Waals surface area (Å²) < 4.78 is 10.7. The van der Waals surface area contributed by atoms with Gasteiger partial charge in [-0.25, -0.2) is 4.79 Å². The summed E-state index contributed by atoms with van der Waals surface area (Å²) in [6.07, 6.45) is 0.895. The second-order valence-corrected chi connectivity index (χ2v) is 5.74. The molecule has 0 fully saturated rings.